The summed E-state index contributed by atoms with van der Waals surface area (Å²) in [6.07, 6.45) is 0.926. The lowest BCUT2D eigenvalue weighted by molar-refractivity contribution is 0.0697. The molecule has 0 saturated carbocycles. The first-order chi connectivity index (χ1) is 9.08. The van der Waals surface area contributed by atoms with E-state index in [9.17, 15) is 4.79 Å². The molecule has 19 heavy (non-hydrogen) atoms. The van der Waals surface area contributed by atoms with Crippen LogP contribution in [0.3, 0.4) is 0 Å². The summed E-state index contributed by atoms with van der Waals surface area (Å²) in [4.78, 5) is 17.4. The van der Waals surface area contributed by atoms with E-state index in [1.54, 1.807) is 0 Å². The third-order valence-electron chi connectivity index (χ3n) is 2.93. The van der Waals surface area contributed by atoms with Crippen LogP contribution in [0.15, 0.2) is 12.1 Å². The van der Waals surface area contributed by atoms with Crippen LogP contribution < -0.4 is 5.32 Å². The molecule has 106 valence electrons. The number of carbonyl (C=O) groups is 1. The highest BCUT2D eigenvalue weighted by molar-refractivity contribution is 6.29. The molecule has 1 aromatic rings. The van der Waals surface area contributed by atoms with Gasteiger partial charge in [0.25, 0.3) is 0 Å². The van der Waals surface area contributed by atoms with E-state index in [4.69, 9.17) is 16.7 Å². The van der Waals surface area contributed by atoms with Gasteiger partial charge in [0.1, 0.15) is 16.5 Å². The summed E-state index contributed by atoms with van der Waals surface area (Å²) in [5.41, 5.74) is 0.146. The minimum Gasteiger partial charge on any atom is -0.478 e. The van der Waals surface area contributed by atoms with E-state index in [-0.39, 0.29) is 10.7 Å². The number of carboxylic acid groups (broad SMARTS) is 1. The topological polar surface area (TPSA) is 65.5 Å². The number of nitrogens with one attached hydrogen (secondary N) is 1. The Hall–Kier alpha value is -1.33. The van der Waals surface area contributed by atoms with Crippen molar-refractivity contribution in [2.45, 2.75) is 20.3 Å². The van der Waals surface area contributed by atoms with Gasteiger partial charge in [0, 0.05) is 6.54 Å². The van der Waals surface area contributed by atoms with Crippen LogP contribution in [-0.2, 0) is 0 Å². The molecule has 0 aliphatic carbocycles. The van der Waals surface area contributed by atoms with Crippen molar-refractivity contribution in [3.63, 3.8) is 0 Å². The molecule has 5 nitrogen and oxygen atoms in total. The first-order valence-electron chi connectivity index (χ1n) is 6.44. The van der Waals surface area contributed by atoms with Gasteiger partial charge in [-0.2, -0.15) is 0 Å². The lowest BCUT2D eigenvalue weighted by atomic mass is 10.2. The highest BCUT2D eigenvalue weighted by Crippen LogP contribution is 2.16. The molecule has 0 radical (unpaired) electrons. The van der Waals surface area contributed by atoms with Gasteiger partial charge in [0.05, 0.1) is 0 Å². The van der Waals surface area contributed by atoms with Gasteiger partial charge in [0.2, 0.25) is 0 Å². The van der Waals surface area contributed by atoms with E-state index in [1.807, 2.05) is 0 Å². The van der Waals surface area contributed by atoms with Crippen LogP contribution in [0.1, 0.15) is 30.6 Å². The fourth-order valence-corrected chi connectivity index (χ4v) is 1.94. The van der Waals surface area contributed by atoms with Crippen LogP contribution in [0.25, 0.3) is 0 Å². The lowest BCUT2D eigenvalue weighted by Crippen LogP contribution is -2.25. The Bertz CT molecular complexity index is 422. The Morgan fingerprint density at radius 1 is 1.42 bits per heavy atom. The van der Waals surface area contributed by atoms with Crippen LogP contribution in [0.2, 0.25) is 5.15 Å². The van der Waals surface area contributed by atoms with Gasteiger partial charge in [-0.05, 0) is 38.2 Å². The maximum Gasteiger partial charge on any atom is 0.339 e. The number of hydrogen-bond acceptors (Lipinski definition) is 4. The Balaban J connectivity index is 2.53. The SMILES string of the molecule is CCN(CC)CCCNc1nc(Cl)ccc1C(=O)O. The zero-order valence-corrected chi connectivity index (χ0v) is 12.1. The number of aromatic carboxylic acids is 1. The number of rotatable bonds is 8. The standard InChI is InChI=1S/C13H20ClN3O2/c1-3-17(4-2)9-5-8-15-12-10(13(18)19)6-7-11(14)16-12/h6-7H,3-5,8-9H2,1-2H3,(H,15,16)(H,18,19). The first kappa shape index (κ1) is 15.7. The maximum absolute atomic E-state index is 11.0. The first-order valence-corrected chi connectivity index (χ1v) is 6.82. The summed E-state index contributed by atoms with van der Waals surface area (Å²) in [6, 6.07) is 2.94. The molecule has 0 saturated heterocycles. The number of nitrogens with zero attached hydrogens (tertiary/aromatic N) is 2. The quantitative estimate of drug-likeness (QED) is 0.568. The van der Waals surface area contributed by atoms with E-state index in [0.717, 1.165) is 26.1 Å². The van der Waals surface area contributed by atoms with Gasteiger partial charge in [-0.3, -0.25) is 0 Å². The highest BCUT2D eigenvalue weighted by Gasteiger charge is 2.11. The molecule has 0 unspecified atom stereocenters. The molecule has 6 heteroatoms. The molecule has 2 N–H and O–H groups in total. The maximum atomic E-state index is 11.0. The molecule has 0 aliphatic heterocycles. The Morgan fingerprint density at radius 3 is 2.68 bits per heavy atom. The monoisotopic (exact) mass is 285 g/mol. The summed E-state index contributed by atoms with van der Waals surface area (Å²) in [5, 5.41) is 12.4. The van der Waals surface area contributed by atoms with Crippen molar-refractivity contribution in [2.75, 3.05) is 31.5 Å². The average Bonchev–Trinajstić information content (AvgIpc) is 2.38. The normalized spacial score (nSPS) is 10.7. The third-order valence-corrected chi connectivity index (χ3v) is 3.14. The van der Waals surface area contributed by atoms with Crippen molar-refractivity contribution < 1.29 is 9.90 Å². The molecule has 0 atom stereocenters. The summed E-state index contributed by atoms with van der Waals surface area (Å²) >= 11 is 5.78. The average molecular weight is 286 g/mol. The number of anilines is 1. The van der Waals surface area contributed by atoms with Crippen molar-refractivity contribution in [3.05, 3.63) is 22.8 Å². The predicted octanol–water partition coefficient (Wildman–Crippen LogP) is 2.58. The number of aromatic nitrogens is 1. The fraction of sp³-hybridized carbons (Fsp3) is 0.538. The summed E-state index contributed by atoms with van der Waals surface area (Å²) < 4.78 is 0. The van der Waals surface area contributed by atoms with E-state index in [1.165, 1.54) is 12.1 Å². The van der Waals surface area contributed by atoms with Crippen molar-refractivity contribution in [3.8, 4) is 0 Å². The molecule has 0 aliphatic rings. The lowest BCUT2D eigenvalue weighted by Gasteiger charge is -2.18. The van der Waals surface area contributed by atoms with Crippen LogP contribution in [0.4, 0.5) is 5.82 Å². The van der Waals surface area contributed by atoms with Crippen molar-refractivity contribution in [2.24, 2.45) is 0 Å². The summed E-state index contributed by atoms with van der Waals surface area (Å²) in [7, 11) is 0. The third kappa shape index (κ3) is 5.04. The minimum absolute atomic E-state index is 0.146. The second-order valence-corrected chi connectivity index (χ2v) is 4.53. The van der Waals surface area contributed by atoms with Crippen LogP contribution in [-0.4, -0.2) is 47.1 Å². The zero-order chi connectivity index (χ0) is 14.3. The smallest absolute Gasteiger partial charge is 0.339 e. The van der Waals surface area contributed by atoms with Crippen molar-refractivity contribution in [1.82, 2.24) is 9.88 Å². The number of carboxylic acids is 1. The number of halogens is 1. The molecule has 1 heterocycles. The Morgan fingerprint density at radius 2 is 2.11 bits per heavy atom. The van der Waals surface area contributed by atoms with Crippen molar-refractivity contribution in [1.29, 1.82) is 0 Å². The van der Waals surface area contributed by atoms with Crippen LogP contribution in [0, 0.1) is 0 Å². The molecular formula is C13H20ClN3O2. The van der Waals surface area contributed by atoms with E-state index in [0.29, 0.717) is 12.4 Å². The van der Waals surface area contributed by atoms with E-state index < -0.39 is 5.97 Å². The zero-order valence-electron chi connectivity index (χ0n) is 11.3. The molecule has 0 spiro atoms. The number of hydrogen-bond donors (Lipinski definition) is 2. The second kappa shape index (κ2) is 7.96. The minimum atomic E-state index is -1.00. The molecular weight excluding hydrogens is 266 g/mol. The van der Waals surface area contributed by atoms with Gasteiger partial charge in [-0.15, -0.1) is 0 Å². The molecule has 0 aromatic carbocycles. The van der Waals surface area contributed by atoms with Crippen molar-refractivity contribution >= 4 is 23.4 Å². The predicted molar refractivity (Wildman–Crippen MR) is 77.1 cm³/mol. The summed E-state index contributed by atoms with van der Waals surface area (Å²) in [5.74, 6) is -0.671. The van der Waals surface area contributed by atoms with Crippen LogP contribution >= 0.6 is 11.6 Å². The Labute approximate surface area is 118 Å². The number of pyridine rings is 1. The van der Waals surface area contributed by atoms with Gasteiger partial charge < -0.3 is 15.3 Å². The van der Waals surface area contributed by atoms with Gasteiger partial charge in [0.15, 0.2) is 0 Å². The molecule has 1 aromatic heterocycles. The molecule has 0 fully saturated rings. The van der Waals surface area contributed by atoms with Gasteiger partial charge >= 0.3 is 5.97 Å². The van der Waals surface area contributed by atoms with E-state index in [2.05, 4.69) is 29.0 Å². The second-order valence-electron chi connectivity index (χ2n) is 4.14. The van der Waals surface area contributed by atoms with E-state index >= 15 is 0 Å². The highest BCUT2D eigenvalue weighted by atomic mass is 35.5. The molecule has 0 amide bonds. The largest absolute Gasteiger partial charge is 0.478 e. The van der Waals surface area contributed by atoms with Crippen LogP contribution in [0.5, 0.6) is 0 Å². The van der Waals surface area contributed by atoms with Gasteiger partial charge in [-0.25, -0.2) is 9.78 Å². The summed E-state index contributed by atoms with van der Waals surface area (Å²) in [6.45, 7) is 7.93. The fourth-order valence-electron chi connectivity index (χ4n) is 1.79. The Kier molecular flexibility index (Phi) is 6.59. The molecule has 0 bridgehead atoms. The molecule has 1 rings (SSSR count). The van der Waals surface area contributed by atoms with Gasteiger partial charge in [-0.1, -0.05) is 25.4 Å².